The minimum absolute atomic E-state index is 0.0887. The minimum Gasteiger partial charge on any atom is -0.385 e. The van der Waals surface area contributed by atoms with E-state index >= 15 is 0 Å². The summed E-state index contributed by atoms with van der Waals surface area (Å²) in [5.74, 6) is 0.416. The number of para-hydroxylation sites is 1. The first-order valence-electron chi connectivity index (χ1n) is 8.79. The van der Waals surface area contributed by atoms with Crippen molar-refractivity contribution in [3.63, 3.8) is 0 Å². The Kier molecular flexibility index (Phi) is 6.49. The van der Waals surface area contributed by atoms with E-state index in [4.69, 9.17) is 4.74 Å². The standard InChI is InChI=1S/C21H22N4O2/c1-27-16-8-15-25-20(26)18-12-5-6-13-19(18)23-21(25)24-22-14-7-11-17-9-3-2-4-10-17/h2-7,9-14H,8,15-16H2,1H3,(H,23,24)/b11-7+,22-14-. The van der Waals surface area contributed by atoms with Crippen molar-refractivity contribution >= 4 is 29.1 Å². The maximum Gasteiger partial charge on any atom is 0.262 e. The average molecular weight is 362 g/mol. The fourth-order valence-electron chi connectivity index (χ4n) is 2.68. The van der Waals surface area contributed by atoms with E-state index in [2.05, 4.69) is 15.5 Å². The second-order valence-electron chi connectivity index (χ2n) is 5.92. The number of allylic oxidation sites excluding steroid dienone is 1. The molecule has 138 valence electrons. The van der Waals surface area contributed by atoms with Crippen molar-refractivity contribution in [2.24, 2.45) is 5.10 Å². The van der Waals surface area contributed by atoms with E-state index < -0.39 is 0 Å². The monoisotopic (exact) mass is 362 g/mol. The van der Waals surface area contributed by atoms with Gasteiger partial charge in [-0.05, 0) is 30.2 Å². The van der Waals surface area contributed by atoms with Crippen LogP contribution in [0.25, 0.3) is 17.0 Å². The fraction of sp³-hybridized carbons (Fsp3) is 0.190. The Morgan fingerprint density at radius 1 is 1.15 bits per heavy atom. The van der Waals surface area contributed by atoms with Crippen molar-refractivity contribution in [2.75, 3.05) is 19.1 Å². The minimum atomic E-state index is -0.0887. The van der Waals surface area contributed by atoms with Crippen LogP contribution in [-0.2, 0) is 11.3 Å². The van der Waals surface area contributed by atoms with E-state index in [1.54, 1.807) is 24.0 Å². The zero-order valence-electron chi connectivity index (χ0n) is 15.2. The van der Waals surface area contributed by atoms with Gasteiger partial charge in [0.05, 0.1) is 10.9 Å². The van der Waals surface area contributed by atoms with Crippen LogP contribution in [0.3, 0.4) is 0 Å². The summed E-state index contributed by atoms with van der Waals surface area (Å²) >= 11 is 0. The molecule has 3 rings (SSSR count). The van der Waals surface area contributed by atoms with E-state index in [0.29, 0.717) is 36.4 Å². The maximum absolute atomic E-state index is 12.8. The van der Waals surface area contributed by atoms with E-state index in [0.717, 1.165) is 5.56 Å². The molecule has 2 aromatic carbocycles. The van der Waals surface area contributed by atoms with E-state index in [-0.39, 0.29) is 5.56 Å². The van der Waals surface area contributed by atoms with Crippen LogP contribution in [0.5, 0.6) is 0 Å². The molecule has 0 radical (unpaired) electrons. The Hall–Kier alpha value is -3.25. The molecule has 0 saturated heterocycles. The van der Waals surface area contributed by atoms with Gasteiger partial charge in [-0.2, -0.15) is 5.10 Å². The number of methoxy groups -OCH3 is 1. The number of anilines is 1. The van der Waals surface area contributed by atoms with Crippen molar-refractivity contribution in [3.05, 3.63) is 76.6 Å². The molecule has 0 aliphatic carbocycles. The first-order chi connectivity index (χ1) is 13.3. The van der Waals surface area contributed by atoms with Crippen LogP contribution in [0.1, 0.15) is 12.0 Å². The highest BCUT2D eigenvalue weighted by molar-refractivity contribution is 5.80. The second kappa shape index (κ2) is 9.45. The molecule has 0 atom stereocenters. The molecule has 0 fully saturated rings. The molecule has 0 saturated carbocycles. The zero-order chi connectivity index (χ0) is 18.9. The fourth-order valence-corrected chi connectivity index (χ4v) is 2.68. The lowest BCUT2D eigenvalue weighted by atomic mass is 10.2. The Morgan fingerprint density at radius 2 is 1.93 bits per heavy atom. The van der Waals surface area contributed by atoms with Crippen molar-refractivity contribution in [3.8, 4) is 0 Å². The van der Waals surface area contributed by atoms with Crippen LogP contribution in [-0.4, -0.2) is 29.5 Å². The van der Waals surface area contributed by atoms with E-state index in [1.165, 1.54) is 0 Å². The van der Waals surface area contributed by atoms with Crippen molar-refractivity contribution in [2.45, 2.75) is 13.0 Å². The smallest absolute Gasteiger partial charge is 0.262 e. The van der Waals surface area contributed by atoms with Crippen LogP contribution >= 0.6 is 0 Å². The summed E-state index contributed by atoms with van der Waals surface area (Å²) in [6.07, 6.45) is 6.12. The van der Waals surface area contributed by atoms with Gasteiger partial charge in [-0.15, -0.1) is 0 Å². The highest BCUT2D eigenvalue weighted by Crippen LogP contribution is 2.11. The van der Waals surface area contributed by atoms with Gasteiger partial charge in [0.1, 0.15) is 0 Å². The molecule has 1 heterocycles. The molecule has 0 aliphatic rings. The Balaban J connectivity index is 1.81. The molecule has 0 amide bonds. The van der Waals surface area contributed by atoms with E-state index in [1.807, 2.05) is 60.7 Å². The molecule has 0 spiro atoms. The number of rotatable bonds is 8. The third-order valence-corrected chi connectivity index (χ3v) is 4.01. The quantitative estimate of drug-likeness (QED) is 0.378. The summed E-state index contributed by atoms with van der Waals surface area (Å²) in [6.45, 7) is 1.07. The largest absolute Gasteiger partial charge is 0.385 e. The van der Waals surface area contributed by atoms with Crippen LogP contribution < -0.4 is 11.0 Å². The molecule has 6 heteroatoms. The summed E-state index contributed by atoms with van der Waals surface area (Å²) in [5.41, 5.74) is 4.53. The summed E-state index contributed by atoms with van der Waals surface area (Å²) in [7, 11) is 1.64. The summed E-state index contributed by atoms with van der Waals surface area (Å²) < 4.78 is 6.69. The van der Waals surface area contributed by atoms with E-state index in [9.17, 15) is 4.79 Å². The number of fused-ring (bicyclic) bond motifs is 1. The predicted molar refractivity (Wildman–Crippen MR) is 110 cm³/mol. The van der Waals surface area contributed by atoms with Gasteiger partial charge in [0.25, 0.3) is 5.56 Å². The molecule has 3 aromatic rings. The first kappa shape index (κ1) is 18.5. The molecule has 0 aliphatic heterocycles. The number of hydrogen-bond acceptors (Lipinski definition) is 5. The van der Waals surface area contributed by atoms with Crippen LogP contribution in [0.4, 0.5) is 5.95 Å². The Labute approximate surface area is 157 Å². The highest BCUT2D eigenvalue weighted by atomic mass is 16.5. The third-order valence-electron chi connectivity index (χ3n) is 4.01. The van der Waals surface area contributed by atoms with Crippen LogP contribution in [0.15, 0.2) is 70.6 Å². The normalized spacial score (nSPS) is 11.6. The van der Waals surface area contributed by atoms with Gasteiger partial charge in [0, 0.05) is 26.5 Å². The van der Waals surface area contributed by atoms with Gasteiger partial charge in [0.15, 0.2) is 0 Å². The summed E-state index contributed by atoms with van der Waals surface area (Å²) in [6, 6.07) is 17.3. The van der Waals surface area contributed by atoms with Gasteiger partial charge < -0.3 is 4.74 Å². The predicted octanol–water partition coefficient (Wildman–Crippen LogP) is 3.54. The number of nitrogens with one attached hydrogen (secondary N) is 1. The molecule has 0 unspecified atom stereocenters. The first-order valence-corrected chi connectivity index (χ1v) is 8.79. The number of hydrazone groups is 1. The summed E-state index contributed by atoms with van der Waals surface area (Å²) in [4.78, 5) is 17.3. The van der Waals surface area contributed by atoms with Gasteiger partial charge >= 0.3 is 0 Å². The number of hydrogen-bond donors (Lipinski definition) is 1. The molecule has 1 aromatic heterocycles. The SMILES string of the molecule is COCCCn1c(N/N=C\C=C\c2ccccc2)nc2ccccc2c1=O. The number of aromatic nitrogens is 2. The number of benzene rings is 2. The lowest BCUT2D eigenvalue weighted by molar-refractivity contribution is 0.190. The zero-order valence-corrected chi connectivity index (χ0v) is 15.2. The third kappa shape index (κ3) is 4.89. The van der Waals surface area contributed by atoms with Gasteiger partial charge in [-0.3, -0.25) is 9.36 Å². The molecular formula is C21H22N4O2. The number of ether oxygens (including phenoxy) is 1. The number of nitrogens with zero attached hydrogens (tertiary/aromatic N) is 3. The molecule has 27 heavy (non-hydrogen) atoms. The average Bonchev–Trinajstić information content (AvgIpc) is 2.71. The molecule has 0 bridgehead atoms. The van der Waals surface area contributed by atoms with Crippen molar-refractivity contribution in [1.29, 1.82) is 0 Å². The lowest BCUT2D eigenvalue weighted by Gasteiger charge is -2.12. The van der Waals surface area contributed by atoms with Gasteiger partial charge in [0.2, 0.25) is 5.95 Å². The molecule has 6 nitrogen and oxygen atoms in total. The van der Waals surface area contributed by atoms with Crippen LogP contribution in [0, 0.1) is 0 Å². The van der Waals surface area contributed by atoms with Crippen molar-refractivity contribution in [1.82, 2.24) is 9.55 Å². The Morgan fingerprint density at radius 3 is 2.74 bits per heavy atom. The molecule has 1 N–H and O–H groups in total. The van der Waals surface area contributed by atoms with Gasteiger partial charge in [-0.1, -0.05) is 48.5 Å². The topological polar surface area (TPSA) is 68.5 Å². The van der Waals surface area contributed by atoms with Crippen LogP contribution in [0.2, 0.25) is 0 Å². The maximum atomic E-state index is 12.8. The second-order valence-corrected chi connectivity index (χ2v) is 5.92. The lowest BCUT2D eigenvalue weighted by Crippen LogP contribution is -2.24. The highest BCUT2D eigenvalue weighted by Gasteiger charge is 2.09. The Bertz CT molecular complexity index is 994. The molecular weight excluding hydrogens is 340 g/mol. The van der Waals surface area contributed by atoms with Crippen molar-refractivity contribution < 1.29 is 4.74 Å². The summed E-state index contributed by atoms with van der Waals surface area (Å²) in [5, 5.41) is 4.77. The van der Waals surface area contributed by atoms with Gasteiger partial charge in [-0.25, -0.2) is 10.4 Å².